The number of amides is 1. The van der Waals surface area contributed by atoms with Crippen LogP contribution in [0.4, 0.5) is 0 Å². The van der Waals surface area contributed by atoms with Crippen LogP contribution in [-0.2, 0) is 13.1 Å². The first-order chi connectivity index (χ1) is 11.8. The number of carbonyl (C=O) groups is 2. The first-order valence-corrected chi connectivity index (χ1v) is 7.98. The summed E-state index contributed by atoms with van der Waals surface area (Å²) in [7, 11) is 0. The number of nitrogens with zero attached hydrogens (tertiary/aromatic N) is 2. The standard InChI is InChI=1S/C16H12Cl2N2O5/c17-9-2-1-8(5-10(9)18)7-19-3-4-20-11(16(24)25)6-12(21)14(22)13(20)15(19)23/h1-2,5-6,22H,3-4,7H2,(H,24,25). The number of hydrogen-bond acceptors (Lipinski definition) is 4. The molecule has 0 spiro atoms. The molecule has 0 atom stereocenters. The van der Waals surface area contributed by atoms with Crippen LogP contribution in [0.25, 0.3) is 0 Å². The third-order valence-electron chi connectivity index (χ3n) is 3.95. The van der Waals surface area contributed by atoms with Crippen LogP contribution < -0.4 is 5.43 Å². The Labute approximate surface area is 151 Å². The van der Waals surface area contributed by atoms with Crippen molar-refractivity contribution in [3.05, 3.63) is 61.5 Å². The third-order valence-corrected chi connectivity index (χ3v) is 4.69. The number of aromatic nitrogens is 1. The van der Waals surface area contributed by atoms with E-state index < -0.39 is 23.1 Å². The number of carboxylic acids is 1. The van der Waals surface area contributed by atoms with Crippen molar-refractivity contribution in [2.45, 2.75) is 13.1 Å². The number of carboxylic acid groups (broad SMARTS) is 1. The fourth-order valence-electron chi connectivity index (χ4n) is 2.74. The highest BCUT2D eigenvalue weighted by Gasteiger charge is 2.31. The van der Waals surface area contributed by atoms with Crippen LogP contribution in [-0.4, -0.2) is 38.1 Å². The highest BCUT2D eigenvalue weighted by Crippen LogP contribution is 2.26. The maximum atomic E-state index is 12.7. The molecule has 25 heavy (non-hydrogen) atoms. The summed E-state index contributed by atoms with van der Waals surface area (Å²) < 4.78 is 1.15. The van der Waals surface area contributed by atoms with Crippen LogP contribution in [0.3, 0.4) is 0 Å². The molecule has 9 heteroatoms. The van der Waals surface area contributed by atoms with Gasteiger partial charge in [-0.3, -0.25) is 9.59 Å². The molecule has 1 amide bonds. The van der Waals surface area contributed by atoms with E-state index in [1.807, 2.05) is 0 Å². The fourth-order valence-corrected chi connectivity index (χ4v) is 3.06. The van der Waals surface area contributed by atoms with Crippen molar-refractivity contribution in [1.82, 2.24) is 9.47 Å². The summed E-state index contributed by atoms with van der Waals surface area (Å²) in [5.41, 5.74) is -0.850. The van der Waals surface area contributed by atoms with Gasteiger partial charge in [-0.25, -0.2) is 4.79 Å². The largest absolute Gasteiger partial charge is 0.503 e. The van der Waals surface area contributed by atoms with Gasteiger partial charge in [0.05, 0.1) is 10.0 Å². The van der Waals surface area contributed by atoms with E-state index in [9.17, 15) is 24.6 Å². The summed E-state index contributed by atoms with van der Waals surface area (Å²) >= 11 is 11.8. The lowest BCUT2D eigenvalue weighted by atomic mass is 10.1. The number of halogens is 2. The molecule has 7 nitrogen and oxygen atoms in total. The summed E-state index contributed by atoms with van der Waals surface area (Å²) in [6, 6.07) is 5.73. The Kier molecular flexibility index (Phi) is 4.45. The number of rotatable bonds is 3. The van der Waals surface area contributed by atoms with Crippen LogP contribution in [0.15, 0.2) is 29.1 Å². The molecule has 2 heterocycles. The molecule has 1 aliphatic rings. The Morgan fingerprint density at radius 1 is 1.12 bits per heavy atom. The zero-order valence-corrected chi connectivity index (χ0v) is 14.2. The van der Waals surface area contributed by atoms with Crippen LogP contribution >= 0.6 is 23.2 Å². The van der Waals surface area contributed by atoms with Gasteiger partial charge >= 0.3 is 5.97 Å². The van der Waals surface area contributed by atoms with E-state index in [4.69, 9.17) is 23.2 Å². The average molecular weight is 383 g/mol. The number of benzene rings is 1. The van der Waals surface area contributed by atoms with Crippen molar-refractivity contribution < 1.29 is 19.8 Å². The molecule has 1 aromatic carbocycles. The Morgan fingerprint density at radius 2 is 1.84 bits per heavy atom. The molecule has 3 rings (SSSR count). The number of carbonyl (C=O) groups excluding carboxylic acids is 1. The maximum Gasteiger partial charge on any atom is 0.352 e. The van der Waals surface area contributed by atoms with Gasteiger partial charge in [-0.05, 0) is 17.7 Å². The number of aromatic carboxylic acids is 1. The van der Waals surface area contributed by atoms with Gasteiger partial charge in [-0.2, -0.15) is 0 Å². The lowest BCUT2D eigenvalue weighted by Crippen LogP contribution is -2.42. The first-order valence-electron chi connectivity index (χ1n) is 7.23. The molecular formula is C16H12Cl2N2O5. The molecule has 2 aromatic rings. The SMILES string of the molecule is O=C(O)c1cc(=O)c(O)c2n1CCN(Cc1ccc(Cl)c(Cl)c1)C2=O. The molecule has 1 aromatic heterocycles. The summed E-state index contributed by atoms with van der Waals surface area (Å²) in [4.78, 5) is 37.1. The van der Waals surface area contributed by atoms with Crippen molar-refractivity contribution in [3.63, 3.8) is 0 Å². The molecule has 1 aliphatic heterocycles. The van der Waals surface area contributed by atoms with Crippen molar-refractivity contribution in [2.24, 2.45) is 0 Å². The molecule has 130 valence electrons. The lowest BCUT2D eigenvalue weighted by Gasteiger charge is -2.31. The first kappa shape index (κ1) is 17.3. The zero-order chi connectivity index (χ0) is 18.3. The second kappa shape index (κ2) is 6.42. The van der Waals surface area contributed by atoms with Crippen molar-refractivity contribution in [2.75, 3.05) is 6.54 Å². The van der Waals surface area contributed by atoms with Crippen molar-refractivity contribution >= 4 is 35.1 Å². The average Bonchev–Trinajstić information content (AvgIpc) is 2.56. The molecule has 0 saturated heterocycles. The number of hydrogen-bond donors (Lipinski definition) is 2. The van der Waals surface area contributed by atoms with Crippen LogP contribution in [0.5, 0.6) is 5.75 Å². The zero-order valence-electron chi connectivity index (χ0n) is 12.7. The van der Waals surface area contributed by atoms with Gasteiger partial charge in [0.2, 0.25) is 5.43 Å². The van der Waals surface area contributed by atoms with E-state index in [0.29, 0.717) is 15.6 Å². The second-order valence-corrected chi connectivity index (χ2v) is 6.34. The molecular weight excluding hydrogens is 371 g/mol. The molecule has 0 saturated carbocycles. The van der Waals surface area contributed by atoms with Crippen LogP contribution in [0, 0.1) is 0 Å². The Hall–Kier alpha value is -2.51. The summed E-state index contributed by atoms with van der Waals surface area (Å²) in [5, 5.41) is 19.9. The monoisotopic (exact) mass is 382 g/mol. The molecule has 0 aliphatic carbocycles. The molecule has 0 fully saturated rings. The normalized spacial score (nSPS) is 13.7. The lowest BCUT2D eigenvalue weighted by molar-refractivity contribution is 0.0650. The topological polar surface area (TPSA) is 99.8 Å². The molecule has 0 radical (unpaired) electrons. The Morgan fingerprint density at radius 3 is 2.48 bits per heavy atom. The highest BCUT2D eigenvalue weighted by molar-refractivity contribution is 6.42. The van der Waals surface area contributed by atoms with E-state index in [0.717, 1.165) is 10.6 Å². The van der Waals surface area contributed by atoms with Gasteiger partial charge in [0.15, 0.2) is 11.4 Å². The predicted molar refractivity (Wildman–Crippen MR) is 90.5 cm³/mol. The predicted octanol–water partition coefficient (Wildman–Crippen LogP) is 2.21. The van der Waals surface area contributed by atoms with E-state index in [1.165, 1.54) is 4.90 Å². The minimum Gasteiger partial charge on any atom is -0.503 e. The Bertz CT molecular complexity index is 954. The minimum absolute atomic E-state index is 0.137. The second-order valence-electron chi connectivity index (χ2n) is 5.52. The number of fused-ring (bicyclic) bond motifs is 1. The van der Waals surface area contributed by atoms with Crippen LogP contribution in [0.1, 0.15) is 26.5 Å². The minimum atomic E-state index is -1.34. The van der Waals surface area contributed by atoms with Crippen LogP contribution in [0.2, 0.25) is 10.0 Å². The fraction of sp³-hybridized carbons (Fsp3) is 0.188. The molecule has 2 N–H and O–H groups in total. The van der Waals surface area contributed by atoms with Gasteiger partial charge in [-0.15, -0.1) is 0 Å². The smallest absolute Gasteiger partial charge is 0.352 e. The molecule has 0 unspecified atom stereocenters. The van der Waals surface area contributed by atoms with E-state index in [-0.39, 0.29) is 31.0 Å². The number of pyridine rings is 1. The summed E-state index contributed by atoms with van der Waals surface area (Å²) in [6.45, 7) is 0.535. The van der Waals surface area contributed by atoms with Crippen molar-refractivity contribution in [1.29, 1.82) is 0 Å². The van der Waals surface area contributed by atoms with Gasteiger partial charge < -0.3 is 19.7 Å². The Balaban J connectivity index is 1.99. The van der Waals surface area contributed by atoms with E-state index >= 15 is 0 Å². The van der Waals surface area contributed by atoms with Gasteiger partial charge in [0.25, 0.3) is 5.91 Å². The van der Waals surface area contributed by atoms with Gasteiger partial charge in [-0.1, -0.05) is 29.3 Å². The maximum absolute atomic E-state index is 12.7. The molecule has 0 bridgehead atoms. The van der Waals surface area contributed by atoms with Crippen molar-refractivity contribution in [3.8, 4) is 5.75 Å². The summed E-state index contributed by atoms with van der Waals surface area (Å²) in [5.74, 6) is -2.73. The number of aromatic hydroxyl groups is 1. The van der Waals surface area contributed by atoms with E-state index in [2.05, 4.69) is 0 Å². The highest BCUT2D eigenvalue weighted by atomic mass is 35.5. The third kappa shape index (κ3) is 3.08. The summed E-state index contributed by atoms with van der Waals surface area (Å²) in [6.07, 6.45) is 0. The van der Waals surface area contributed by atoms with Gasteiger partial charge in [0.1, 0.15) is 5.69 Å². The quantitative estimate of drug-likeness (QED) is 0.847. The van der Waals surface area contributed by atoms with Gasteiger partial charge in [0, 0.05) is 25.7 Å². The van der Waals surface area contributed by atoms with E-state index in [1.54, 1.807) is 18.2 Å².